The number of benzene rings is 2. The van der Waals surface area contributed by atoms with Crippen LogP contribution in [-0.2, 0) is 19.6 Å². The number of esters is 1. The SMILES string of the molecule is CC(C)OC(=O)CN(c1ccccc1F)S(=O)(=O)c1ccc(F)cc1. The standard InChI is InChI=1S/C17H17F2NO4S/c1-12(2)24-17(21)11-20(16-6-4-3-5-15(16)19)25(22,23)14-9-7-13(18)8-10-14/h3-10,12H,11H2,1-2H3. The van der Waals surface area contributed by atoms with Crippen LogP contribution in [0.15, 0.2) is 53.4 Å². The van der Waals surface area contributed by atoms with Gasteiger partial charge in [0, 0.05) is 0 Å². The number of anilines is 1. The van der Waals surface area contributed by atoms with Crippen LogP contribution < -0.4 is 4.31 Å². The van der Waals surface area contributed by atoms with Crippen LogP contribution in [0.3, 0.4) is 0 Å². The van der Waals surface area contributed by atoms with E-state index in [1.165, 1.54) is 18.2 Å². The molecule has 0 heterocycles. The molecule has 0 atom stereocenters. The van der Waals surface area contributed by atoms with Gasteiger partial charge in [-0.25, -0.2) is 17.2 Å². The van der Waals surface area contributed by atoms with E-state index in [9.17, 15) is 22.0 Å². The van der Waals surface area contributed by atoms with E-state index in [0.29, 0.717) is 4.31 Å². The van der Waals surface area contributed by atoms with Crippen molar-refractivity contribution in [2.75, 3.05) is 10.8 Å². The van der Waals surface area contributed by atoms with Gasteiger partial charge in [-0.15, -0.1) is 0 Å². The molecule has 2 rings (SSSR count). The highest BCUT2D eigenvalue weighted by atomic mass is 32.2. The van der Waals surface area contributed by atoms with Gasteiger partial charge < -0.3 is 4.74 Å². The van der Waals surface area contributed by atoms with Crippen LogP contribution in [0.25, 0.3) is 0 Å². The molecule has 0 fully saturated rings. The molecule has 0 radical (unpaired) electrons. The van der Waals surface area contributed by atoms with Crippen molar-refractivity contribution in [3.63, 3.8) is 0 Å². The summed E-state index contributed by atoms with van der Waals surface area (Å²) in [5.74, 6) is -2.26. The molecule has 0 aliphatic rings. The molecule has 0 N–H and O–H groups in total. The second kappa shape index (κ2) is 7.60. The molecule has 0 unspecified atom stereocenters. The Labute approximate surface area is 144 Å². The average Bonchev–Trinajstić information content (AvgIpc) is 2.53. The van der Waals surface area contributed by atoms with Gasteiger partial charge in [-0.3, -0.25) is 9.10 Å². The fourth-order valence-corrected chi connectivity index (χ4v) is 3.52. The lowest BCUT2D eigenvalue weighted by atomic mass is 10.3. The van der Waals surface area contributed by atoms with Crippen molar-refractivity contribution in [2.45, 2.75) is 24.8 Å². The number of nitrogens with zero attached hydrogens (tertiary/aromatic N) is 1. The van der Waals surface area contributed by atoms with E-state index in [2.05, 4.69) is 0 Å². The number of hydrogen-bond acceptors (Lipinski definition) is 4. The molecule has 0 saturated heterocycles. The largest absolute Gasteiger partial charge is 0.462 e. The fourth-order valence-electron chi connectivity index (χ4n) is 2.10. The zero-order valence-corrected chi connectivity index (χ0v) is 14.5. The van der Waals surface area contributed by atoms with Gasteiger partial charge in [0.1, 0.15) is 18.2 Å². The Morgan fingerprint density at radius 2 is 1.68 bits per heavy atom. The smallest absolute Gasteiger partial charge is 0.327 e. The van der Waals surface area contributed by atoms with Crippen molar-refractivity contribution in [2.24, 2.45) is 0 Å². The lowest BCUT2D eigenvalue weighted by Crippen LogP contribution is -2.37. The zero-order chi connectivity index (χ0) is 18.6. The Balaban J connectivity index is 2.48. The Bertz CT molecular complexity index is 851. The van der Waals surface area contributed by atoms with Crippen molar-refractivity contribution >= 4 is 21.7 Å². The van der Waals surface area contributed by atoms with Crippen LogP contribution in [0.5, 0.6) is 0 Å². The van der Waals surface area contributed by atoms with E-state index in [1.807, 2.05) is 0 Å². The molecule has 2 aromatic rings. The number of ether oxygens (including phenoxy) is 1. The van der Waals surface area contributed by atoms with Gasteiger partial charge in [-0.1, -0.05) is 12.1 Å². The van der Waals surface area contributed by atoms with Gasteiger partial charge in [-0.05, 0) is 50.2 Å². The molecule has 0 amide bonds. The maximum Gasteiger partial charge on any atom is 0.327 e. The Morgan fingerprint density at radius 1 is 1.08 bits per heavy atom. The molecule has 5 nitrogen and oxygen atoms in total. The van der Waals surface area contributed by atoms with Crippen molar-refractivity contribution in [1.29, 1.82) is 0 Å². The van der Waals surface area contributed by atoms with Crippen molar-refractivity contribution < 1.29 is 26.7 Å². The number of carbonyl (C=O) groups excluding carboxylic acids is 1. The minimum Gasteiger partial charge on any atom is -0.462 e. The van der Waals surface area contributed by atoms with Crippen LogP contribution in [0.1, 0.15) is 13.8 Å². The summed E-state index contributed by atoms with van der Waals surface area (Å²) in [5.41, 5.74) is -0.299. The Morgan fingerprint density at radius 3 is 2.24 bits per heavy atom. The quantitative estimate of drug-likeness (QED) is 0.734. The van der Waals surface area contributed by atoms with Crippen LogP contribution in [0, 0.1) is 11.6 Å². The molecule has 0 aliphatic carbocycles. The second-order valence-corrected chi connectivity index (χ2v) is 7.32. The van der Waals surface area contributed by atoms with E-state index in [1.54, 1.807) is 13.8 Å². The van der Waals surface area contributed by atoms with Gasteiger partial charge in [0.15, 0.2) is 0 Å². The van der Waals surface area contributed by atoms with Crippen molar-refractivity contribution in [1.82, 2.24) is 0 Å². The van der Waals surface area contributed by atoms with E-state index in [0.717, 1.165) is 30.3 Å². The molecule has 2 aromatic carbocycles. The zero-order valence-electron chi connectivity index (χ0n) is 13.6. The van der Waals surface area contributed by atoms with Gasteiger partial charge in [-0.2, -0.15) is 0 Å². The van der Waals surface area contributed by atoms with Crippen LogP contribution in [-0.4, -0.2) is 27.0 Å². The Hall–Kier alpha value is -2.48. The highest BCUT2D eigenvalue weighted by Gasteiger charge is 2.29. The van der Waals surface area contributed by atoms with E-state index >= 15 is 0 Å². The first kappa shape index (κ1) is 18.9. The van der Waals surface area contributed by atoms with Gasteiger partial charge >= 0.3 is 5.97 Å². The monoisotopic (exact) mass is 369 g/mol. The minimum atomic E-state index is -4.30. The molecule has 8 heteroatoms. The van der Waals surface area contributed by atoms with Crippen LogP contribution >= 0.6 is 0 Å². The summed E-state index contributed by atoms with van der Waals surface area (Å²) in [6.45, 7) is 2.51. The molecule has 0 aromatic heterocycles. The molecule has 134 valence electrons. The summed E-state index contributed by atoms with van der Waals surface area (Å²) in [5, 5.41) is 0. The average molecular weight is 369 g/mol. The summed E-state index contributed by atoms with van der Waals surface area (Å²) in [6, 6.07) is 9.19. The maximum absolute atomic E-state index is 14.1. The number of para-hydroxylation sites is 1. The first-order chi connectivity index (χ1) is 11.7. The normalized spacial score (nSPS) is 11.4. The third-order valence-electron chi connectivity index (χ3n) is 3.16. The fraction of sp³-hybridized carbons (Fsp3) is 0.235. The highest BCUT2D eigenvalue weighted by molar-refractivity contribution is 7.92. The molecule has 25 heavy (non-hydrogen) atoms. The lowest BCUT2D eigenvalue weighted by Gasteiger charge is -2.24. The summed E-state index contributed by atoms with van der Waals surface area (Å²) in [4.78, 5) is 11.7. The predicted molar refractivity (Wildman–Crippen MR) is 88.6 cm³/mol. The number of rotatable bonds is 6. The Kier molecular flexibility index (Phi) is 5.73. The summed E-state index contributed by atoms with van der Waals surface area (Å²) >= 11 is 0. The predicted octanol–water partition coefficient (Wildman–Crippen LogP) is 3.11. The highest BCUT2D eigenvalue weighted by Crippen LogP contribution is 2.26. The molecular formula is C17H17F2NO4S. The second-order valence-electron chi connectivity index (χ2n) is 5.46. The van der Waals surface area contributed by atoms with Crippen LogP contribution in [0.2, 0.25) is 0 Å². The first-order valence-corrected chi connectivity index (χ1v) is 8.88. The van der Waals surface area contributed by atoms with E-state index in [4.69, 9.17) is 4.74 Å². The number of halogens is 2. The van der Waals surface area contributed by atoms with Crippen LogP contribution in [0.4, 0.5) is 14.5 Å². The molecule has 0 bridgehead atoms. The molecule has 0 aliphatic heterocycles. The van der Waals surface area contributed by atoms with Crippen molar-refractivity contribution in [3.8, 4) is 0 Å². The third-order valence-corrected chi connectivity index (χ3v) is 4.94. The number of sulfonamides is 1. The molecule has 0 spiro atoms. The number of carbonyl (C=O) groups is 1. The first-order valence-electron chi connectivity index (χ1n) is 7.44. The van der Waals surface area contributed by atoms with Gasteiger partial charge in [0.2, 0.25) is 0 Å². The minimum absolute atomic E-state index is 0.269. The lowest BCUT2D eigenvalue weighted by molar-refractivity contribution is -0.145. The van der Waals surface area contributed by atoms with E-state index < -0.39 is 40.3 Å². The van der Waals surface area contributed by atoms with Gasteiger partial charge in [0.25, 0.3) is 10.0 Å². The third kappa shape index (κ3) is 4.54. The van der Waals surface area contributed by atoms with Gasteiger partial charge in [0.05, 0.1) is 16.7 Å². The summed E-state index contributed by atoms with van der Waals surface area (Å²) in [7, 11) is -4.30. The van der Waals surface area contributed by atoms with E-state index in [-0.39, 0.29) is 10.6 Å². The molecular weight excluding hydrogens is 352 g/mol. The maximum atomic E-state index is 14.1. The topological polar surface area (TPSA) is 63.7 Å². The molecule has 0 saturated carbocycles. The summed E-state index contributed by atoms with van der Waals surface area (Å²) < 4.78 is 58.5. The number of hydrogen-bond donors (Lipinski definition) is 0. The van der Waals surface area contributed by atoms with Crippen molar-refractivity contribution in [3.05, 3.63) is 60.2 Å². The summed E-state index contributed by atoms with van der Waals surface area (Å²) in [6.07, 6.45) is -0.455.